The molecule has 2 atom stereocenters. The van der Waals surface area contributed by atoms with Crippen LogP contribution in [0.25, 0.3) is 0 Å². The number of halogens is 1. The summed E-state index contributed by atoms with van der Waals surface area (Å²) in [7, 11) is 3.48. The molecule has 1 fully saturated rings. The number of hydrogen-bond donors (Lipinski definition) is 2. The quantitative estimate of drug-likeness (QED) is 0.316. The highest BCUT2D eigenvalue weighted by Gasteiger charge is 2.17. The minimum Gasteiger partial charge on any atom is -0.376 e. The molecule has 1 saturated heterocycles. The molecule has 1 aromatic carbocycles. The van der Waals surface area contributed by atoms with Crippen molar-refractivity contribution in [1.82, 2.24) is 15.5 Å². The number of ether oxygens (including phenoxy) is 1. The summed E-state index contributed by atoms with van der Waals surface area (Å²) in [5.74, 6) is 1.27. The van der Waals surface area contributed by atoms with Gasteiger partial charge in [-0.25, -0.2) is 4.99 Å². The van der Waals surface area contributed by atoms with Crippen molar-refractivity contribution >= 4 is 35.8 Å². The van der Waals surface area contributed by atoms with Crippen molar-refractivity contribution in [2.75, 3.05) is 33.8 Å². The number of aliphatic imine (C=N–C) groups is 1. The van der Waals surface area contributed by atoms with Crippen LogP contribution in [-0.4, -0.2) is 56.7 Å². The molecule has 1 aliphatic heterocycles. The number of nitrogens with zero attached hydrogens (tertiary/aromatic N) is 2. The summed E-state index contributed by atoms with van der Waals surface area (Å²) in [6.45, 7) is 8.21. The third kappa shape index (κ3) is 9.33. The number of carbonyl (C=O) groups is 1. The fourth-order valence-corrected chi connectivity index (χ4v) is 3.16. The maximum absolute atomic E-state index is 11.9. The molecule has 1 aliphatic rings. The van der Waals surface area contributed by atoms with Gasteiger partial charge in [-0.15, -0.1) is 24.0 Å². The lowest BCUT2D eigenvalue weighted by molar-refractivity contribution is -0.127. The van der Waals surface area contributed by atoms with Crippen LogP contribution in [0.2, 0.25) is 0 Å². The van der Waals surface area contributed by atoms with Gasteiger partial charge in [0.05, 0.1) is 12.1 Å². The largest absolute Gasteiger partial charge is 0.376 e. The minimum absolute atomic E-state index is 0. The highest BCUT2D eigenvalue weighted by Crippen LogP contribution is 2.16. The minimum atomic E-state index is -0.0242. The normalized spacial score (nSPS) is 17.6. The van der Waals surface area contributed by atoms with Crippen LogP contribution in [0.1, 0.15) is 50.8 Å². The molecule has 0 aromatic heterocycles. The van der Waals surface area contributed by atoms with Crippen LogP contribution in [0.5, 0.6) is 0 Å². The molecular formula is C22H37IN4O2. The summed E-state index contributed by atoms with van der Waals surface area (Å²) in [6.07, 6.45) is 3.46. The first-order chi connectivity index (χ1) is 13.3. The monoisotopic (exact) mass is 516 g/mol. The lowest BCUT2D eigenvalue weighted by Crippen LogP contribution is -2.42. The molecule has 0 bridgehead atoms. The Balaban J connectivity index is 0.00000420. The predicted octanol–water partition coefficient (Wildman–Crippen LogP) is 3.37. The van der Waals surface area contributed by atoms with Gasteiger partial charge in [-0.2, -0.15) is 0 Å². The van der Waals surface area contributed by atoms with Gasteiger partial charge in [-0.1, -0.05) is 38.1 Å². The van der Waals surface area contributed by atoms with E-state index in [1.165, 1.54) is 11.1 Å². The van der Waals surface area contributed by atoms with Gasteiger partial charge in [0.2, 0.25) is 5.91 Å². The maximum Gasteiger partial charge on any atom is 0.243 e. The first-order valence-corrected chi connectivity index (χ1v) is 10.3. The topological polar surface area (TPSA) is 66.0 Å². The molecule has 2 rings (SSSR count). The van der Waals surface area contributed by atoms with Crippen LogP contribution in [0.4, 0.5) is 0 Å². The van der Waals surface area contributed by atoms with Gasteiger partial charge < -0.3 is 20.3 Å². The number of nitrogens with one attached hydrogen (secondary N) is 2. The molecule has 2 N–H and O–H groups in total. The lowest BCUT2D eigenvalue weighted by Gasteiger charge is -2.21. The van der Waals surface area contributed by atoms with Crippen molar-refractivity contribution in [3.8, 4) is 0 Å². The average molecular weight is 516 g/mol. The van der Waals surface area contributed by atoms with E-state index in [0.717, 1.165) is 25.9 Å². The smallest absolute Gasteiger partial charge is 0.243 e. The zero-order valence-corrected chi connectivity index (χ0v) is 20.7. The van der Waals surface area contributed by atoms with Gasteiger partial charge in [-0.3, -0.25) is 4.79 Å². The van der Waals surface area contributed by atoms with E-state index in [-0.39, 0.29) is 48.6 Å². The second-order valence-corrected chi connectivity index (χ2v) is 8.17. The molecule has 1 aromatic rings. The Morgan fingerprint density at radius 1 is 1.24 bits per heavy atom. The molecule has 164 valence electrons. The van der Waals surface area contributed by atoms with Crippen molar-refractivity contribution in [3.05, 3.63) is 35.4 Å². The maximum atomic E-state index is 11.9. The molecule has 0 spiro atoms. The Morgan fingerprint density at radius 2 is 1.93 bits per heavy atom. The molecule has 0 saturated carbocycles. The number of carbonyl (C=O) groups excluding carboxylic acids is 1. The average Bonchev–Trinajstić information content (AvgIpc) is 3.17. The summed E-state index contributed by atoms with van der Waals surface area (Å²) in [6, 6.07) is 8.80. The van der Waals surface area contributed by atoms with Crippen LogP contribution >= 0.6 is 24.0 Å². The van der Waals surface area contributed by atoms with Gasteiger partial charge in [0, 0.05) is 27.2 Å². The first kappa shape index (κ1) is 25.7. The van der Waals surface area contributed by atoms with Crippen LogP contribution in [0.3, 0.4) is 0 Å². The number of rotatable bonds is 8. The van der Waals surface area contributed by atoms with Crippen molar-refractivity contribution in [3.63, 3.8) is 0 Å². The summed E-state index contributed by atoms with van der Waals surface area (Å²) in [5, 5.41) is 6.76. The van der Waals surface area contributed by atoms with E-state index in [1.54, 1.807) is 19.0 Å². The van der Waals surface area contributed by atoms with E-state index in [2.05, 4.69) is 60.7 Å². The van der Waals surface area contributed by atoms with Crippen molar-refractivity contribution in [2.45, 2.75) is 52.2 Å². The number of hydrogen-bond acceptors (Lipinski definition) is 3. The number of benzene rings is 1. The first-order valence-electron chi connectivity index (χ1n) is 10.3. The SMILES string of the molecule is CC(C)Cc1ccc(C(C)NC(=NCC(=O)N(C)C)NCC2CCCO2)cc1.I. The van der Waals surface area contributed by atoms with E-state index in [4.69, 9.17) is 4.74 Å². The Kier molecular flexibility index (Phi) is 11.6. The number of amides is 1. The Labute approximate surface area is 192 Å². The molecule has 2 unspecified atom stereocenters. The van der Waals surface area contributed by atoms with Crippen molar-refractivity contribution in [1.29, 1.82) is 0 Å². The summed E-state index contributed by atoms with van der Waals surface area (Å²) < 4.78 is 5.68. The third-order valence-electron chi connectivity index (χ3n) is 4.87. The molecular weight excluding hydrogens is 479 g/mol. The standard InChI is InChI=1S/C22H36N4O2.HI/c1-16(2)13-18-8-10-19(11-9-18)17(3)25-22(24-15-21(27)26(4)5)23-14-20-7-6-12-28-20;/h8-11,16-17,20H,6-7,12-15H2,1-5H3,(H2,23,24,25);1H. The summed E-state index contributed by atoms with van der Waals surface area (Å²) >= 11 is 0. The zero-order valence-electron chi connectivity index (χ0n) is 18.4. The van der Waals surface area contributed by atoms with E-state index in [0.29, 0.717) is 18.4 Å². The number of guanidine groups is 1. The van der Waals surface area contributed by atoms with Gasteiger partial charge in [0.1, 0.15) is 6.54 Å². The summed E-state index contributed by atoms with van der Waals surface area (Å²) in [5.41, 5.74) is 2.55. The third-order valence-corrected chi connectivity index (χ3v) is 4.87. The zero-order chi connectivity index (χ0) is 20.5. The molecule has 7 heteroatoms. The van der Waals surface area contributed by atoms with E-state index >= 15 is 0 Å². The molecule has 1 amide bonds. The van der Waals surface area contributed by atoms with Crippen LogP contribution in [0.15, 0.2) is 29.3 Å². The second-order valence-electron chi connectivity index (χ2n) is 8.17. The van der Waals surface area contributed by atoms with Crippen molar-refractivity contribution < 1.29 is 9.53 Å². The lowest BCUT2D eigenvalue weighted by atomic mass is 10.00. The Hall–Kier alpha value is -1.35. The molecule has 1 heterocycles. The Bertz CT molecular complexity index is 641. The number of likely N-dealkylation sites (N-methyl/N-ethyl adjacent to an activating group) is 1. The predicted molar refractivity (Wildman–Crippen MR) is 130 cm³/mol. The van der Waals surface area contributed by atoms with E-state index < -0.39 is 0 Å². The van der Waals surface area contributed by atoms with Crippen LogP contribution in [0, 0.1) is 5.92 Å². The van der Waals surface area contributed by atoms with Crippen molar-refractivity contribution in [2.24, 2.45) is 10.9 Å². The van der Waals surface area contributed by atoms with Gasteiger partial charge in [0.15, 0.2) is 5.96 Å². The van der Waals surface area contributed by atoms with Gasteiger partial charge in [-0.05, 0) is 43.2 Å². The van der Waals surface area contributed by atoms with Gasteiger partial charge >= 0.3 is 0 Å². The van der Waals surface area contributed by atoms with Crippen LogP contribution in [-0.2, 0) is 16.0 Å². The van der Waals surface area contributed by atoms with E-state index in [1.807, 2.05) is 0 Å². The summed E-state index contributed by atoms with van der Waals surface area (Å²) in [4.78, 5) is 18.0. The van der Waals surface area contributed by atoms with E-state index in [9.17, 15) is 4.79 Å². The fraction of sp³-hybridized carbons (Fsp3) is 0.636. The molecule has 0 aliphatic carbocycles. The molecule has 6 nitrogen and oxygen atoms in total. The molecule has 0 radical (unpaired) electrons. The Morgan fingerprint density at radius 3 is 2.48 bits per heavy atom. The molecule has 29 heavy (non-hydrogen) atoms. The van der Waals surface area contributed by atoms with Gasteiger partial charge in [0.25, 0.3) is 0 Å². The fourth-order valence-electron chi connectivity index (χ4n) is 3.16. The van der Waals surface area contributed by atoms with Crippen LogP contribution < -0.4 is 10.6 Å². The highest BCUT2D eigenvalue weighted by atomic mass is 127. The highest BCUT2D eigenvalue weighted by molar-refractivity contribution is 14.0. The second kappa shape index (κ2) is 13.1.